The van der Waals surface area contributed by atoms with Crippen LogP contribution >= 0.6 is 0 Å². The molecule has 3 heteroatoms. The Labute approximate surface area is 121 Å². The van der Waals surface area contributed by atoms with E-state index in [1.807, 2.05) is 0 Å². The maximum absolute atomic E-state index is 5.27. The summed E-state index contributed by atoms with van der Waals surface area (Å²) in [6.45, 7) is 16.7. The molecule has 0 bridgehead atoms. The zero-order valence-electron chi connectivity index (χ0n) is 14.1. The van der Waals surface area contributed by atoms with Crippen LogP contribution < -0.4 is 5.32 Å². The number of hydrogen-bond acceptors (Lipinski definition) is 3. The van der Waals surface area contributed by atoms with Crippen LogP contribution in [-0.2, 0) is 4.74 Å². The summed E-state index contributed by atoms with van der Waals surface area (Å²) in [6, 6.07) is 0.632. The molecule has 19 heavy (non-hydrogen) atoms. The second-order valence-electron chi connectivity index (χ2n) is 6.06. The van der Waals surface area contributed by atoms with E-state index in [2.05, 4.69) is 44.8 Å². The highest BCUT2D eigenvalue weighted by Crippen LogP contribution is 2.25. The van der Waals surface area contributed by atoms with Crippen molar-refractivity contribution in [1.82, 2.24) is 10.2 Å². The standard InChI is InChI=1S/C16H36N2O/c1-7-10-16(5,13-17-9-3)14-18(11-12-19-6)15(4)8-2/h15,17H,7-14H2,1-6H3. The molecule has 0 saturated carbocycles. The largest absolute Gasteiger partial charge is 0.383 e. The second kappa shape index (κ2) is 10.6. The lowest BCUT2D eigenvalue weighted by molar-refractivity contribution is 0.0791. The Morgan fingerprint density at radius 2 is 1.95 bits per heavy atom. The van der Waals surface area contributed by atoms with Crippen LogP contribution in [0.1, 0.15) is 53.9 Å². The highest BCUT2D eigenvalue weighted by atomic mass is 16.5. The van der Waals surface area contributed by atoms with Crippen molar-refractivity contribution >= 4 is 0 Å². The number of nitrogens with zero attached hydrogens (tertiary/aromatic N) is 1. The maximum atomic E-state index is 5.27. The quantitative estimate of drug-likeness (QED) is 0.591. The van der Waals surface area contributed by atoms with Crippen molar-refractivity contribution in [3.8, 4) is 0 Å². The summed E-state index contributed by atoms with van der Waals surface area (Å²) >= 11 is 0. The van der Waals surface area contributed by atoms with Crippen LogP contribution in [0.4, 0.5) is 0 Å². The molecular formula is C16H36N2O. The topological polar surface area (TPSA) is 24.5 Å². The summed E-state index contributed by atoms with van der Waals surface area (Å²) < 4.78 is 5.27. The predicted octanol–water partition coefficient (Wildman–Crippen LogP) is 3.15. The fraction of sp³-hybridized carbons (Fsp3) is 1.00. The van der Waals surface area contributed by atoms with Crippen LogP contribution in [0.15, 0.2) is 0 Å². The summed E-state index contributed by atoms with van der Waals surface area (Å²) in [5.41, 5.74) is 0.363. The third-order valence-corrected chi connectivity index (χ3v) is 4.04. The van der Waals surface area contributed by atoms with Crippen molar-refractivity contribution in [2.75, 3.05) is 39.9 Å². The zero-order valence-corrected chi connectivity index (χ0v) is 14.1. The average molecular weight is 272 g/mol. The minimum absolute atomic E-state index is 0.363. The molecule has 0 aromatic carbocycles. The Kier molecular flexibility index (Phi) is 10.6. The number of methoxy groups -OCH3 is 1. The Bertz CT molecular complexity index is 211. The molecule has 0 fully saturated rings. The van der Waals surface area contributed by atoms with Gasteiger partial charge in [-0.2, -0.15) is 0 Å². The zero-order chi connectivity index (χ0) is 14.7. The van der Waals surface area contributed by atoms with Crippen LogP contribution in [0.3, 0.4) is 0 Å². The number of rotatable bonds is 12. The van der Waals surface area contributed by atoms with Gasteiger partial charge in [0.05, 0.1) is 6.61 Å². The van der Waals surface area contributed by atoms with E-state index >= 15 is 0 Å². The SMILES string of the molecule is CCCC(C)(CNCC)CN(CCOC)C(C)CC. The summed E-state index contributed by atoms with van der Waals surface area (Å²) in [5.74, 6) is 0. The molecule has 3 nitrogen and oxygen atoms in total. The highest BCUT2D eigenvalue weighted by molar-refractivity contribution is 4.82. The van der Waals surface area contributed by atoms with Crippen molar-refractivity contribution in [2.24, 2.45) is 5.41 Å². The van der Waals surface area contributed by atoms with Gasteiger partial charge in [-0.25, -0.2) is 0 Å². The fourth-order valence-electron chi connectivity index (χ4n) is 2.67. The molecule has 0 aromatic heterocycles. The van der Waals surface area contributed by atoms with Gasteiger partial charge in [0.1, 0.15) is 0 Å². The van der Waals surface area contributed by atoms with Gasteiger partial charge >= 0.3 is 0 Å². The van der Waals surface area contributed by atoms with Crippen molar-refractivity contribution in [1.29, 1.82) is 0 Å². The molecule has 0 amide bonds. The van der Waals surface area contributed by atoms with Crippen LogP contribution in [0, 0.1) is 5.41 Å². The molecule has 0 radical (unpaired) electrons. The van der Waals surface area contributed by atoms with Gasteiger partial charge in [0.15, 0.2) is 0 Å². The first-order valence-electron chi connectivity index (χ1n) is 7.96. The molecule has 0 aliphatic rings. The van der Waals surface area contributed by atoms with E-state index in [9.17, 15) is 0 Å². The maximum Gasteiger partial charge on any atom is 0.0589 e. The van der Waals surface area contributed by atoms with Gasteiger partial charge in [0, 0.05) is 32.8 Å². The van der Waals surface area contributed by atoms with Crippen LogP contribution in [0.2, 0.25) is 0 Å². The van der Waals surface area contributed by atoms with E-state index < -0.39 is 0 Å². The second-order valence-corrected chi connectivity index (χ2v) is 6.06. The molecule has 0 heterocycles. The van der Waals surface area contributed by atoms with Gasteiger partial charge in [-0.05, 0) is 31.7 Å². The molecule has 0 spiro atoms. The van der Waals surface area contributed by atoms with Crippen molar-refractivity contribution < 1.29 is 4.74 Å². The molecular weight excluding hydrogens is 236 g/mol. The van der Waals surface area contributed by atoms with Gasteiger partial charge in [0.2, 0.25) is 0 Å². The van der Waals surface area contributed by atoms with E-state index in [1.54, 1.807) is 7.11 Å². The third-order valence-electron chi connectivity index (χ3n) is 4.04. The van der Waals surface area contributed by atoms with Crippen LogP contribution in [0.5, 0.6) is 0 Å². The molecule has 2 unspecified atom stereocenters. The minimum Gasteiger partial charge on any atom is -0.383 e. The third kappa shape index (κ3) is 7.91. The molecule has 0 aliphatic carbocycles. The van der Waals surface area contributed by atoms with E-state index in [-0.39, 0.29) is 0 Å². The fourth-order valence-corrected chi connectivity index (χ4v) is 2.67. The molecule has 116 valence electrons. The monoisotopic (exact) mass is 272 g/mol. The number of hydrogen-bond donors (Lipinski definition) is 1. The summed E-state index contributed by atoms with van der Waals surface area (Å²) in [4.78, 5) is 2.59. The van der Waals surface area contributed by atoms with Crippen LogP contribution in [0.25, 0.3) is 0 Å². The molecule has 0 saturated heterocycles. The molecule has 2 atom stereocenters. The number of nitrogens with one attached hydrogen (secondary N) is 1. The van der Waals surface area contributed by atoms with Crippen LogP contribution in [-0.4, -0.2) is 50.8 Å². The first-order valence-corrected chi connectivity index (χ1v) is 7.96. The van der Waals surface area contributed by atoms with Gasteiger partial charge < -0.3 is 10.1 Å². The molecule has 1 N–H and O–H groups in total. The Hall–Kier alpha value is -0.120. The average Bonchev–Trinajstić information content (AvgIpc) is 2.40. The predicted molar refractivity (Wildman–Crippen MR) is 84.8 cm³/mol. The van der Waals surface area contributed by atoms with E-state index in [0.29, 0.717) is 11.5 Å². The summed E-state index contributed by atoms with van der Waals surface area (Å²) in [6.07, 6.45) is 3.73. The lowest BCUT2D eigenvalue weighted by Gasteiger charge is -2.38. The van der Waals surface area contributed by atoms with Gasteiger partial charge in [0.25, 0.3) is 0 Å². The summed E-state index contributed by atoms with van der Waals surface area (Å²) in [5, 5.41) is 3.53. The molecule has 0 aromatic rings. The Balaban J connectivity index is 4.60. The Morgan fingerprint density at radius 1 is 1.26 bits per heavy atom. The number of ether oxygens (including phenoxy) is 1. The Morgan fingerprint density at radius 3 is 2.42 bits per heavy atom. The van der Waals surface area contributed by atoms with Gasteiger partial charge in [-0.15, -0.1) is 0 Å². The van der Waals surface area contributed by atoms with E-state index in [4.69, 9.17) is 4.74 Å². The van der Waals surface area contributed by atoms with Gasteiger partial charge in [-0.3, -0.25) is 4.90 Å². The van der Waals surface area contributed by atoms with Gasteiger partial charge in [-0.1, -0.05) is 34.1 Å². The van der Waals surface area contributed by atoms with E-state index in [0.717, 1.165) is 32.8 Å². The summed E-state index contributed by atoms with van der Waals surface area (Å²) in [7, 11) is 1.79. The van der Waals surface area contributed by atoms with E-state index in [1.165, 1.54) is 19.3 Å². The van der Waals surface area contributed by atoms with Crippen molar-refractivity contribution in [2.45, 2.75) is 59.9 Å². The van der Waals surface area contributed by atoms with Crippen molar-refractivity contribution in [3.05, 3.63) is 0 Å². The lowest BCUT2D eigenvalue weighted by atomic mass is 9.84. The highest BCUT2D eigenvalue weighted by Gasteiger charge is 2.27. The minimum atomic E-state index is 0.363. The first-order chi connectivity index (χ1) is 9.02. The smallest absolute Gasteiger partial charge is 0.0589 e. The molecule has 0 rings (SSSR count). The first kappa shape index (κ1) is 18.9. The lowest BCUT2D eigenvalue weighted by Crippen LogP contribution is -2.46. The molecule has 0 aliphatic heterocycles. The normalized spacial score (nSPS) is 16.6. The van der Waals surface area contributed by atoms with Crippen molar-refractivity contribution in [3.63, 3.8) is 0 Å².